The number of fused-ring (bicyclic) bond motifs is 2. The maximum absolute atomic E-state index is 13.0. The quantitative estimate of drug-likeness (QED) is 0.658. The van der Waals surface area contributed by atoms with Crippen molar-refractivity contribution in [3.05, 3.63) is 58.7 Å². The molecule has 1 saturated heterocycles. The minimum absolute atomic E-state index is 0.0557. The standard InChI is InChI=1S/C23H21ClN2O4/c1-29-15-5-6-20-16(12-15)19(27)13-23(30-20)7-9-26(10-8-23)22(28)18-11-14-3-2-4-17(24)21(14)25-18/h2-6,11-12,25H,7-10,13H2,1H3. The summed E-state index contributed by atoms with van der Waals surface area (Å²) in [6, 6.07) is 12.7. The van der Waals surface area contributed by atoms with Gasteiger partial charge in [-0.2, -0.15) is 0 Å². The number of Topliss-reactive ketones (excluding diaryl/α,β-unsaturated/α-hetero) is 1. The topological polar surface area (TPSA) is 71.6 Å². The van der Waals surface area contributed by atoms with E-state index in [1.165, 1.54) is 0 Å². The van der Waals surface area contributed by atoms with Crippen molar-refractivity contribution in [3.63, 3.8) is 0 Å². The first-order valence-electron chi connectivity index (χ1n) is 9.95. The Balaban J connectivity index is 1.32. The molecule has 2 aliphatic heterocycles. The lowest BCUT2D eigenvalue weighted by atomic mass is 9.82. The highest BCUT2D eigenvalue weighted by Crippen LogP contribution is 2.40. The Bertz CT molecular complexity index is 1160. The van der Waals surface area contributed by atoms with Gasteiger partial charge in [0.15, 0.2) is 5.78 Å². The van der Waals surface area contributed by atoms with Crippen molar-refractivity contribution in [3.8, 4) is 11.5 Å². The van der Waals surface area contributed by atoms with Gasteiger partial charge in [0.05, 0.1) is 29.6 Å². The van der Waals surface area contributed by atoms with E-state index >= 15 is 0 Å². The van der Waals surface area contributed by atoms with Crippen LogP contribution in [-0.4, -0.2) is 47.4 Å². The number of hydrogen-bond acceptors (Lipinski definition) is 4. The van der Waals surface area contributed by atoms with Crippen LogP contribution in [0, 0.1) is 0 Å². The molecule has 30 heavy (non-hydrogen) atoms. The first kappa shape index (κ1) is 19.0. The van der Waals surface area contributed by atoms with Crippen molar-refractivity contribution < 1.29 is 19.1 Å². The number of halogens is 1. The molecule has 0 bridgehead atoms. The first-order valence-corrected chi connectivity index (χ1v) is 10.3. The summed E-state index contributed by atoms with van der Waals surface area (Å²) in [7, 11) is 1.57. The van der Waals surface area contributed by atoms with Gasteiger partial charge in [0, 0.05) is 31.3 Å². The number of ether oxygens (including phenoxy) is 2. The van der Waals surface area contributed by atoms with Gasteiger partial charge in [-0.25, -0.2) is 0 Å². The highest BCUT2D eigenvalue weighted by molar-refractivity contribution is 6.35. The summed E-state index contributed by atoms with van der Waals surface area (Å²) < 4.78 is 11.5. The number of carbonyl (C=O) groups is 2. The zero-order valence-corrected chi connectivity index (χ0v) is 17.3. The van der Waals surface area contributed by atoms with E-state index in [2.05, 4.69) is 4.98 Å². The van der Waals surface area contributed by atoms with Gasteiger partial charge in [0.25, 0.3) is 5.91 Å². The number of benzene rings is 2. The molecular formula is C23H21ClN2O4. The van der Waals surface area contributed by atoms with Crippen LogP contribution in [0.1, 0.15) is 40.1 Å². The van der Waals surface area contributed by atoms with Crippen LogP contribution < -0.4 is 9.47 Å². The Kier molecular flexibility index (Phi) is 4.47. The van der Waals surface area contributed by atoms with Crippen molar-refractivity contribution >= 4 is 34.2 Å². The van der Waals surface area contributed by atoms with Crippen molar-refractivity contribution in [2.45, 2.75) is 24.9 Å². The van der Waals surface area contributed by atoms with Gasteiger partial charge in [0.2, 0.25) is 0 Å². The lowest BCUT2D eigenvalue weighted by Gasteiger charge is -2.43. The Morgan fingerprint density at radius 1 is 1.20 bits per heavy atom. The van der Waals surface area contributed by atoms with Crippen molar-refractivity contribution in [1.82, 2.24) is 9.88 Å². The van der Waals surface area contributed by atoms with Crippen LogP contribution >= 0.6 is 11.6 Å². The number of nitrogens with one attached hydrogen (secondary N) is 1. The lowest BCUT2D eigenvalue weighted by molar-refractivity contribution is -0.00588. The predicted octanol–water partition coefficient (Wildman–Crippen LogP) is 4.47. The molecule has 2 aliphatic rings. The number of para-hydroxylation sites is 1. The maximum atomic E-state index is 13.0. The molecule has 1 aromatic heterocycles. The second-order valence-corrected chi connectivity index (χ2v) is 8.33. The number of aromatic nitrogens is 1. The third-order valence-electron chi connectivity index (χ3n) is 6.09. The summed E-state index contributed by atoms with van der Waals surface area (Å²) in [6.07, 6.45) is 1.53. The molecule has 0 saturated carbocycles. The molecule has 5 rings (SSSR count). The minimum Gasteiger partial charge on any atom is -0.497 e. The smallest absolute Gasteiger partial charge is 0.270 e. The minimum atomic E-state index is -0.556. The SMILES string of the molecule is COc1ccc2c(c1)C(=O)CC1(CCN(C(=O)c3cc4cccc(Cl)c4[nH]3)CC1)O2. The number of H-pyrrole nitrogens is 1. The molecule has 1 fully saturated rings. The number of hydrogen-bond donors (Lipinski definition) is 1. The fourth-order valence-electron chi connectivity index (χ4n) is 4.40. The van der Waals surface area contributed by atoms with Crippen LogP contribution in [0.3, 0.4) is 0 Å². The molecule has 7 heteroatoms. The van der Waals surface area contributed by atoms with Gasteiger partial charge in [0.1, 0.15) is 22.8 Å². The zero-order valence-electron chi connectivity index (χ0n) is 16.5. The van der Waals surface area contributed by atoms with E-state index < -0.39 is 5.60 Å². The van der Waals surface area contributed by atoms with Crippen LogP contribution in [0.2, 0.25) is 5.02 Å². The van der Waals surface area contributed by atoms with Gasteiger partial charge >= 0.3 is 0 Å². The summed E-state index contributed by atoms with van der Waals surface area (Å²) >= 11 is 6.22. The van der Waals surface area contributed by atoms with Crippen LogP contribution in [0.4, 0.5) is 0 Å². The number of likely N-dealkylation sites (tertiary alicyclic amines) is 1. The Morgan fingerprint density at radius 2 is 2.00 bits per heavy atom. The van der Waals surface area contributed by atoms with Crippen molar-refractivity contribution in [2.24, 2.45) is 0 Å². The highest BCUT2D eigenvalue weighted by Gasteiger charge is 2.44. The summed E-state index contributed by atoms with van der Waals surface area (Å²) in [5.74, 6) is 1.22. The molecule has 0 unspecified atom stereocenters. The number of methoxy groups -OCH3 is 1. The normalized spacial score (nSPS) is 17.7. The van der Waals surface area contributed by atoms with E-state index in [1.54, 1.807) is 36.3 Å². The van der Waals surface area contributed by atoms with Crippen molar-refractivity contribution in [2.75, 3.05) is 20.2 Å². The molecule has 154 valence electrons. The number of carbonyl (C=O) groups excluding carboxylic acids is 2. The predicted molar refractivity (Wildman–Crippen MR) is 114 cm³/mol. The van der Waals surface area contributed by atoms with Gasteiger partial charge in [-0.05, 0) is 30.3 Å². The summed E-state index contributed by atoms with van der Waals surface area (Å²) in [5, 5.41) is 1.50. The summed E-state index contributed by atoms with van der Waals surface area (Å²) in [5.41, 5.74) is 1.30. The molecule has 0 atom stereocenters. The van der Waals surface area contributed by atoms with Gasteiger partial charge in [-0.1, -0.05) is 23.7 Å². The second kappa shape index (κ2) is 7.06. The average Bonchev–Trinajstić information content (AvgIpc) is 3.19. The third kappa shape index (κ3) is 3.12. The fraction of sp³-hybridized carbons (Fsp3) is 0.304. The number of rotatable bonds is 2. The van der Waals surface area contributed by atoms with Crippen LogP contribution in [0.15, 0.2) is 42.5 Å². The van der Waals surface area contributed by atoms with E-state index in [4.69, 9.17) is 21.1 Å². The fourth-order valence-corrected chi connectivity index (χ4v) is 4.63. The van der Waals surface area contributed by atoms with E-state index in [-0.39, 0.29) is 11.7 Å². The number of ketones is 1. The summed E-state index contributed by atoms with van der Waals surface area (Å²) in [4.78, 5) is 30.7. The monoisotopic (exact) mass is 424 g/mol. The molecule has 0 aliphatic carbocycles. The number of aromatic amines is 1. The first-order chi connectivity index (χ1) is 14.5. The van der Waals surface area contributed by atoms with E-state index in [0.29, 0.717) is 60.1 Å². The molecule has 1 spiro atoms. The molecule has 2 aromatic carbocycles. The molecule has 1 N–H and O–H groups in total. The van der Waals surface area contributed by atoms with Crippen molar-refractivity contribution in [1.29, 1.82) is 0 Å². The van der Waals surface area contributed by atoms with E-state index in [1.807, 2.05) is 18.2 Å². The molecule has 3 heterocycles. The van der Waals surface area contributed by atoms with E-state index in [0.717, 1.165) is 10.9 Å². The van der Waals surface area contributed by atoms with Crippen LogP contribution in [0.5, 0.6) is 11.5 Å². The molecular weight excluding hydrogens is 404 g/mol. The van der Waals surface area contributed by atoms with E-state index in [9.17, 15) is 9.59 Å². The molecule has 1 amide bonds. The zero-order chi connectivity index (χ0) is 20.9. The molecule has 3 aromatic rings. The highest BCUT2D eigenvalue weighted by atomic mass is 35.5. The van der Waals surface area contributed by atoms with Gasteiger partial charge < -0.3 is 19.4 Å². The molecule has 6 nitrogen and oxygen atoms in total. The third-order valence-corrected chi connectivity index (χ3v) is 6.41. The Labute approximate surface area is 178 Å². The van der Waals surface area contributed by atoms with Crippen LogP contribution in [-0.2, 0) is 0 Å². The Hall–Kier alpha value is -2.99. The number of piperidine rings is 1. The average molecular weight is 425 g/mol. The maximum Gasteiger partial charge on any atom is 0.270 e. The Morgan fingerprint density at radius 3 is 2.73 bits per heavy atom. The second-order valence-electron chi connectivity index (χ2n) is 7.93. The van der Waals surface area contributed by atoms with Gasteiger partial charge in [-0.3, -0.25) is 9.59 Å². The number of amides is 1. The van der Waals surface area contributed by atoms with Crippen LogP contribution in [0.25, 0.3) is 10.9 Å². The van der Waals surface area contributed by atoms with Gasteiger partial charge in [-0.15, -0.1) is 0 Å². The summed E-state index contributed by atoms with van der Waals surface area (Å²) in [6.45, 7) is 1.06. The molecule has 0 radical (unpaired) electrons. The lowest BCUT2D eigenvalue weighted by Crippen LogP contribution is -2.52. The number of nitrogens with zero attached hydrogens (tertiary/aromatic N) is 1. The largest absolute Gasteiger partial charge is 0.497 e.